The average Bonchev–Trinajstić information content (AvgIpc) is 2.36. The molecule has 0 bridgehead atoms. The highest BCUT2D eigenvalue weighted by atomic mass is 35.5. The summed E-state index contributed by atoms with van der Waals surface area (Å²) >= 11 is 12.0. The number of nitrogens with one attached hydrogen (secondary N) is 1. The zero-order valence-corrected chi connectivity index (χ0v) is 10.8. The molecular weight excluding hydrogens is 253 g/mol. The van der Waals surface area contributed by atoms with Crippen molar-refractivity contribution in [1.82, 2.24) is 0 Å². The minimum atomic E-state index is 0.580. The smallest absolute Gasteiger partial charge is 0.0823 e. The van der Waals surface area contributed by atoms with Crippen molar-refractivity contribution in [2.75, 3.05) is 11.9 Å². The Morgan fingerprint density at radius 1 is 0.882 bits per heavy atom. The Labute approximate surface area is 111 Å². The van der Waals surface area contributed by atoms with Crippen molar-refractivity contribution in [3.8, 4) is 0 Å². The lowest BCUT2D eigenvalue weighted by Crippen LogP contribution is -2.05. The van der Waals surface area contributed by atoms with Crippen LogP contribution in [-0.2, 0) is 6.42 Å². The summed E-state index contributed by atoms with van der Waals surface area (Å²) in [5.41, 5.74) is 2.19. The number of benzene rings is 2. The van der Waals surface area contributed by atoms with Gasteiger partial charge in [0.2, 0.25) is 0 Å². The van der Waals surface area contributed by atoms with Crippen LogP contribution in [0.25, 0.3) is 0 Å². The molecule has 0 unspecified atom stereocenters. The normalized spacial score (nSPS) is 10.2. The summed E-state index contributed by atoms with van der Waals surface area (Å²) in [6.45, 7) is 0.837. The van der Waals surface area contributed by atoms with E-state index in [4.69, 9.17) is 23.2 Å². The number of hydrogen-bond acceptors (Lipinski definition) is 1. The first-order chi connectivity index (χ1) is 8.27. The molecule has 0 saturated heterocycles. The summed E-state index contributed by atoms with van der Waals surface area (Å²) < 4.78 is 0. The van der Waals surface area contributed by atoms with Gasteiger partial charge in [0.15, 0.2) is 0 Å². The fourth-order valence-corrected chi connectivity index (χ4v) is 1.99. The molecule has 0 heterocycles. The molecule has 3 heteroatoms. The van der Waals surface area contributed by atoms with E-state index in [1.807, 2.05) is 30.3 Å². The van der Waals surface area contributed by atoms with Gasteiger partial charge in [-0.25, -0.2) is 0 Å². The van der Waals surface area contributed by atoms with Crippen molar-refractivity contribution in [2.45, 2.75) is 6.42 Å². The summed E-state index contributed by atoms with van der Waals surface area (Å²) in [6.07, 6.45) is 0.962. The number of anilines is 1. The molecule has 0 fully saturated rings. The molecular formula is C14H13Cl2N. The van der Waals surface area contributed by atoms with Gasteiger partial charge in [-0.3, -0.25) is 0 Å². The predicted molar refractivity (Wildman–Crippen MR) is 75.1 cm³/mol. The van der Waals surface area contributed by atoms with Gasteiger partial charge < -0.3 is 5.32 Å². The third-order valence-corrected chi connectivity index (χ3v) is 3.34. The Morgan fingerprint density at radius 2 is 1.65 bits per heavy atom. The monoisotopic (exact) mass is 265 g/mol. The van der Waals surface area contributed by atoms with E-state index >= 15 is 0 Å². The molecule has 0 aliphatic rings. The topological polar surface area (TPSA) is 12.0 Å². The maximum atomic E-state index is 6.08. The highest BCUT2D eigenvalue weighted by Crippen LogP contribution is 2.29. The second-order valence-electron chi connectivity index (χ2n) is 3.76. The minimum Gasteiger partial charge on any atom is -0.383 e. The summed E-state index contributed by atoms with van der Waals surface area (Å²) in [7, 11) is 0. The number of rotatable bonds is 4. The fourth-order valence-electron chi connectivity index (χ4n) is 1.63. The molecule has 88 valence electrons. The molecule has 0 aliphatic carbocycles. The number of halogens is 2. The van der Waals surface area contributed by atoms with E-state index in [1.165, 1.54) is 5.56 Å². The zero-order valence-electron chi connectivity index (χ0n) is 9.29. The van der Waals surface area contributed by atoms with E-state index in [0.717, 1.165) is 18.7 Å². The molecule has 0 aliphatic heterocycles. The lowest BCUT2D eigenvalue weighted by Gasteiger charge is -2.09. The van der Waals surface area contributed by atoms with Gasteiger partial charge in [-0.2, -0.15) is 0 Å². The van der Waals surface area contributed by atoms with Gasteiger partial charge in [0.1, 0.15) is 0 Å². The first-order valence-corrected chi connectivity index (χ1v) is 6.25. The largest absolute Gasteiger partial charge is 0.383 e. The fraction of sp³-hybridized carbons (Fsp3) is 0.143. The quantitative estimate of drug-likeness (QED) is 0.849. The third kappa shape index (κ3) is 3.39. The van der Waals surface area contributed by atoms with Crippen molar-refractivity contribution < 1.29 is 0 Å². The van der Waals surface area contributed by atoms with Crippen LogP contribution in [0.15, 0.2) is 48.5 Å². The average molecular weight is 266 g/mol. The molecule has 0 spiro atoms. The van der Waals surface area contributed by atoms with E-state index in [9.17, 15) is 0 Å². The SMILES string of the molecule is Clc1cccc(NCCc2ccccc2)c1Cl. The van der Waals surface area contributed by atoms with Crippen LogP contribution in [0.4, 0.5) is 5.69 Å². The molecule has 0 radical (unpaired) electrons. The molecule has 0 atom stereocenters. The lowest BCUT2D eigenvalue weighted by atomic mass is 10.1. The molecule has 2 aromatic carbocycles. The summed E-state index contributed by atoms with van der Waals surface area (Å²) in [5, 5.41) is 4.45. The van der Waals surface area contributed by atoms with Crippen LogP contribution >= 0.6 is 23.2 Å². The molecule has 1 N–H and O–H groups in total. The van der Waals surface area contributed by atoms with Gasteiger partial charge in [0, 0.05) is 6.54 Å². The predicted octanol–water partition coefficient (Wildman–Crippen LogP) is 4.65. The van der Waals surface area contributed by atoms with Crippen LogP contribution in [-0.4, -0.2) is 6.54 Å². The van der Waals surface area contributed by atoms with Crippen LogP contribution in [0.2, 0.25) is 10.0 Å². The van der Waals surface area contributed by atoms with E-state index in [2.05, 4.69) is 17.4 Å². The maximum absolute atomic E-state index is 6.08. The summed E-state index contributed by atoms with van der Waals surface area (Å²) in [4.78, 5) is 0. The molecule has 17 heavy (non-hydrogen) atoms. The first-order valence-electron chi connectivity index (χ1n) is 5.49. The van der Waals surface area contributed by atoms with Crippen LogP contribution < -0.4 is 5.32 Å². The summed E-state index contributed by atoms with van der Waals surface area (Å²) in [6, 6.07) is 15.9. The van der Waals surface area contributed by atoms with Gasteiger partial charge in [0.05, 0.1) is 15.7 Å². The van der Waals surface area contributed by atoms with Crippen LogP contribution in [0.5, 0.6) is 0 Å². The highest BCUT2D eigenvalue weighted by molar-refractivity contribution is 6.43. The lowest BCUT2D eigenvalue weighted by molar-refractivity contribution is 1.02. The van der Waals surface area contributed by atoms with E-state index < -0.39 is 0 Å². The molecule has 0 saturated carbocycles. The van der Waals surface area contributed by atoms with Gasteiger partial charge in [-0.05, 0) is 24.1 Å². The van der Waals surface area contributed by atoms with Gasteiger partial charge >= 0.3 is 0 Å². The minimum absolute atomic E-state index is 0.580. The first kappa shape index (κ1) is 12.3. The second-order valence-corrected chi connectivity index (χ2v) is 4.55. The Morgan fingerprint density at radius 3 is 2.41 bits per heavy atom. The standard InChI is InChI=1S/C14H13Cl2N/c15-12-7-4-8-13(14(12)16)17-10-9-11-5-2-1-3-6-11/h1-8,17H,9-10H2. The zero-order chi connectivity index (χ0) is 12.1. The van der Waals surface area contributed by atoms with Crippen LogP contribution in [0.1, 0.15) is 5.56 Å². The third-order valence-electron chi connectivity index (χ3n) is 2.52. The van der Waals surface area contributed by atoms with Crippen molar-refractivity contribution in [1.29, 1.82) is 0 Å². The molecule has 2 rings (SSSR count). The molecule has 0 aromatic heterocycles. The van der Waals surface area contributed by atoms with E-state index in [0.29, 0.717) is 10.0 Å². The van der Waals surface area contributed by atoms with E-state index in [1.54, 1.807) is 6.07 Å². The molecule has 0 amide bonds. The van der Waals surface area contributed by atoms with E-state index in [-0.39, 0.29) is 0 Å². The van der Waals surface area contributed by atoms with Crippen LogP contribution in [0.3, 0.4) is 0 Å². The Bertz CT molecular complexity index is 483. The Hall–Kier alpha value is -1.18. The molecule has 2 aromatic rings. The van der Waals surface area contributed by atoms with Crippen molar-refractivity contribution in [3.05, 3.63) is 64.1 Å². The Kier molecular flexibility index (Phi) is 4.29. The van der Waals surface area contributed by atoms with Crippen molar-refractivity contribution in [2.24, 2.45) is 0 Å². The number of hydrogen-bond donors (Lipinski definition) is 1. The van der Waals surface area contributed by atoms with Gasteiger partial charge in [-0.15, -0.1) is 0 Å². The Balaban J connectivity index is 1.93. The van der Waals surface area contributed by atoms with Gasteiger partial charge in [-0.1, -0.05) is 59.6 Å². The molecule has 1 nitrogen and oxygen atoms in total. The van der Waals surface area contributed by atoms with Crippen LogP contribution in [0, 0.1) is 0 Å². The van der Waals surface area contributed by atoms with Gasteiger partial charge in [0.25, 0.3) is 0 Å². The van der Waals surface area contributed by atoms with Crippen molar-refractivity contribution >= 4 is 28.9 Å². The highest BCUT2D eigenvalue weighted by Gasteiger charge is 2.02. The van der Waals surface area contributed by atoms with Crippen molar-refractivity contribution in [3.63, 3.8) is 0 Å². The second kappa shape index (κ2) is 5.95. The maximum Gasteiger partial charge on any atom is 0.0823 e. The summed E-state index contributed by atoms with van der Waals surface area (Å²) in [5.74, 6) is 0.